The molecule has 1 aromatic carbocycles. The first kappa shape index (κ1) is 18.7. The number of hydrogen-bond donors (Lipinski definition) is 2. The van der Waals surface area contributed by atoms with Gasteiger partial charge in [0.05, 0.1) is 8.95 Å². The van der Waals surface area contributed by atoms with E-state index < -0.39 is 0 Å². The van der Waals surface area contributed by atoms with Crippen LogP contribution < -0.4 is 5.73 Å². The minimum atomic E-state index is -0.0832. The van der Waals surface area contributed by atoms with Crippen LogP contribution >= 0.6 is 60.2 Å². The molecule has 3 N–H and O–H groups in total. The van der Waals surface area contributed by atoms with Gasteiger partial charge >= 0.3 is 0 Å². The Morgan fingerprint density at radius 3 is 2.22 bits per heavy atom. The summed E-state index contributed by atoms with van der Waals surface area (Å²) in [6, 6.07) is 1.74. The van der Waals surface area contributed by atoms with E-state index in [1.807, 2.05) is 6.07 Å². The lowest BCUT2D eigenvalue weighted by Crippen LogP contribution is -2.12. The fraction of sp³-hybridized carbons (Fsp3) is 0.500. The maximum Gasteiger partial charge on any atom is 0.144 e. The second-order valence-corrected chi connectivity index (χ2v) is 7.00. The van der Waals surface area contributed by atoms with E-state index in [1.165, 1.54) is 0 Å². The Morgan fingerprint density at radius 2 is 1.72 bits per heavy atom. The molecule has 1 atom stereocenters. The van der Waals surface area contributed by atoms with Crippen LogP contribution in [-0.4, -0.2) is 5.11 Å². The van der Waals surface area contributed by atoms with Crippen molar-refractivity contribution < 1.29 is 5.11 Å². The van der Waals surface area contributed by atoms with Gasteiger partial charge in [0.1, 0.15) is 5.75 Å². The highest BCUT2D eigenvalue weighted by atomic mass is 79.9. The van der Waals surface area contributed by atoms with Crippen molar-refractivity contribution in [2.75, 3.05) is 0 Å². The maximum absolute atomic E-state index is 9.87. The molecule has 0 aliphatic rings. The fourth-order valence-corrected chi connectivity index (χ4v) is 4.30. The molecule has 0 aliphatic heterocycles. The van der Waals surface area contributed by atoms with Crippen LogP contribution in [0.15, 0.2) is 19.5 Å². The molecule has 0 aliphatic carbocycles. The van der Waals surface area contributed by atoms with Crippen molar-refractivity contribution in [1.29, 1.82) is 0 Å². The van der Waals surface area contributed by atoms with E-state index in [1.54, 1.807) is 0 Å². The summed E-state index contributed by atoms with van der Waals surface area (Å²) < 4.78 is 2.22. The summed E-state index contributed by atoms with van der Waals surface area (Å²) in [5.74, 6) is 0.825. The number of halogens is 4. The third-order valence-electron chi connectivity index (χ3n) is 2.61. The zero-order chi connectivity index (χ0) is 13.2. The van der Waals surface area contributed by atoms with E-state index in [2.05, 4.69) is 61.6 Å². The molecule has 0 radical (unpaired) electrons. The average molecular weight is 466 g/mol. The molecule has 0 saturated heterocycles. The van der Waals surface area contributed by atoms with Gasteiger partial charge in [0, 0.05) is 16.1 Å². The van der Waals surface area contributed by atoms with Crippen LogP contribution in [0.5, 0.6) is 5.75 Å². The van der Waals surface area contributed by atoms with Crippen LogP contribution in [0, 0.1) is 5.92 Å². The lowest BCUT2D eigenvalue weighted by atomic mass is 9.98. The Morgan fingerprint density at radius 1 is 1.17 bits per heavy atom. The van der Waals surface area contributed by atoms with Gasteiger partial charge in [0.2, 0.25) is 0 Å². The van der Waals surface area contributed by atoms with Gasteiger partial charge in [0.25, 0.3) is 0 Å². The third kappa shape index (κ3) is 4.67. The van der Waals surface area contributed by atoms with Crippen molar-refractivity contribution in [2.45, 2.75) is 32.7 Å². The van der Waals surface area contributed by atoms with Gasteiger partial charge in [-0.25, -0.2) is 0 Å². The Kier molecular flexibility index (Phi) is 8.42. The Hall–Kier alpha value is 0.710. The highest BCUT2D eigenvalue weighted by Gasteiger charge is 2.19. The van der Waals surface area contributed by atoms with E-state index in [9.17, 15) is 5.11 Å². The second kappa shape index (κ2) is 8.10. The maximum atomic E-state index is 9.87. The highest BCUT2D eigenvalue weighted by Crippen LogP contribution is 2.42. The van der Waals surface area contributed by atoms with Gasteiger partial charge < -0.3 is 10.8 Å². The molecule has 104 valence electrons. The molecular formula is C12H17Br3ClNO. The molecule has 1 rings (SSSR count). The van der Waals surface area contributed by atoms with Gasteiger partial charge in [0.15, 0.2) is 0 Å². The standard InChI is InChI=1S/C12H16Br3NO.ClH/c1-6(2)3-4-9(16)10-7(13)5-8(14)12(17)11(10)15;/h5-6,9,17H,3-4,16H2,1-2H3;1H/t9-;/m0./s1. The quantitative estimate of drug-likeness (QED) is 0.613. The molecule has 0 unspecified atom stereocenters. The summed E-state index contributed by atoms with van der Waals surface area (Å²) in [5.41, 5.74) is 7.10. The Bertz CT molecular complexity index is 413. The van der Waals surface area contributed by atoms with Crippen LogP contribution in [0.1, 0.15) is 38.3 Å². The van der Waals surface area contributed by atoms with Crippen LogP contribution in [0.25, 0.3) is 0 Å². The smallest absolute Gasteiger partial charge is 0.144 e. The first-order valence-corrected chi connectivity index (χ1v) is 7.84. The summed E-state index contributed by atoms with van der Waals surface area (Å²) in [4.78, 5) is 0. The molecule has 0 heterocycles. The van der Waals surface area contributed by atoms with Gasteiger partial charge in [-0.1, -0.05) is 29.8 Å². The lowest BCUT2D eigenvalue weighted by Gasteiger charge is -2.18. The molecule has 18 heavy (non-hydrogen) atoms. The van der Waals surface area contributed by atoms with Gasteiger partial charge in [-0.15, -0.1) is 12.4 Å². The molecule has 6 heteroatoms. The van der Waals surface area contributed by atoms with Gasteiger partial charge in [-0.2, -0.15) is 0 Å². The predicted octanol–water partition coefficient (Wildman–Crippen LogP) is 5.54. The van der Waals surface area contributed by atoms with E-state index in [-0.39, 0.29) is 24.2 Å². The number of phenols is 1. The molecule has 0 bridgehead atoms. The van der Waals surface area contributed by atoms with Crippen LogP contribution in [0.2, 0.25) is 0 Å². The summed E-state index contributed by atoms with van der Waals surface area (Å²) in [7, 11) is 0. The molecular weight excluding hydrogens is 449 g/mol. The van der Waals surface area contributed by atoms with Crippen LogP contribution in [0.3, 0.4) is 0 Å². The van der Waals surface area contributed by atoms with Crippen molar-refractivity contribution in [1.82, 2.24) is 0 Å². The summed E-state index contributed by atoms with van der Waals surface area (Å²) in [6.07, 6.45) is 1.97. The molecule has 0 saturated carbocycles. The number of nitrogens with two attached hydrogens (primary N) is 1. The topological polar surface area (TPSA) is 46.2 Å². The highest BCUT2D eigenvalue weighted by molar-refractivity contribution is 9.11. The number of benzene rings is 1. The number of aromatic hydroxyl groups is 1. The Labute approximate surface area is 140 Å². The third-order valence-corrected chi connectivity index (χ3v) is 4.67. The minimum absolute atomic E-state index is 0. The second-order valence-electron chi connectivity index (χ2n) is 4.49. The molecule has 0 aromatic heterocycles. The first-order chi connectivity index (χ1) is 7.84. The lowest BCUT2D eigenvalue weighted by molar-refractivity contribution is 0.462. The number of phenolic OH excluding ortho intramolecular Hbond substituents is 1. The minimum Gasteiger partial charge on any atom is -0.506 e. The fourth-order valence-electron chi connectivity index (χ4n) is 1.59. The normalized spacial score (nSPS) is 12.4. The van der Waals surface area contributed by atoms with Crippen molar-refractivity contribution in [3.05, 3.63) is 25.0 Å². The first-order valence-electron chi connectivity index (χ1n) is 5.46. The Balaban J connectivity index is 0.00000289. The van der Waals surface area contributed by atoms with Crippen LogP contribution in [0.4, 0.5) is 0 Å². The largest absolute Gasteiger partial charge is 0.506 e. The number of rotatable bonds is 4. The van der Waals surface area contributed by atoms with Crippen molar-refractivity contribution >= 4 is 60.2 Å². The summed E-state index contributed by atoms with van der Waals surface area (Å²) in [6.45, 7) is 4.35. The van der Waals surface area contributed by atoms with E-state index in [0.717, 1.165) is 22.9 Å². The van der Waals surface area contributed by atoms with Gasteiger partial charge in [-0.3, -0.25) is 0 Å². The van der Waals surface area contributed by atoms with E-state index in [0.29, 0.717) is 14.9 Å². The predicted molar refractivity (Wildman–Crippen MR) is 89.5 cm³/mol. The summed E-state index contributed by atoms with van der Waals surface area (Å²) >= 11 is 10.2. The molecule has 0 fully saturated rings. The SMILES string of the molecule is CC(C)CC[C@H](N)c1c(Br)cc(Br)c(O)c1Br.Cl. The molecule has 0 spiro atoms. The van der Waals surface area contributed by atoms with E-state index in [4.69, 9.17) is 5.73 Å². The summed E-state index contributed by atoms with van der Waals surface area (Å²) in [5, 5.41) is 9.87. The average Bonchev–Trinajstić information content (AvgIpc) is 2.23. The van der Waals surface area contributed by atoms with Gasteiger partial charge in [-0.05, 0) is 56.7 Å². The number of hydrogen-bond acceptors (Lipinski definition) is 2. The van der Waals surface area contributed by atoms with Crippen molar-refractivity contribution in [3.63, 3.8) is 0 Å². The van der Waals surface area contributed by atoms with E-state index >= 15 is 0 Å². The zero-order valence-electron chi connectivity index (χ0n) is 10.2. The monoisotopic (exact) mass is 463 g/mol. The van der Waals surface area contributed by atoms with Crippen LogP contribution in [-0.2, 0) is 0 Å². The molecule has 0 amide bonds. The van der Waals surface area contributed by atoms with Crippen molar-refractivity contribution in [2.24, 2.45) is 11.7 Å². The zero-order valence-corrected chi connectivity index (χ0v) is 15.8. The van der Waals surface area contributed by atoms with Crippen molar-refractivity contribution in [3.8, 4) is 5.75 Å². The molecule has 2 nitrogen and oxygen atoms in total. The molecule has 1 aromatic rings.